The van der Waals surface area contributed by atoms with Crippen molar-refractivity contribution in [3.63, 3.8) is 0 Å². The van der Waals surface area contributed by atoms with Crippen molar-refractivity contribution in [1.29, 1.82) is 0 Å². The van der Waals surface area contributed by atoms with Crippen LogP contribution in [0.4, 0.5) is 5.69 Å². The van der Waals surface area contributed by atoms with E-state index in [9.17, 15) is 9.59 Å². The van der Waals surface area contributed by atoms with Crippen LogP contribution in [0.1, 0.15) is 16.7 Å². The van der Waals surface area contributed by atoms with Crippen LogP contribution in [0.15, 0.2) is 59.5 Å². The van der Waals surface area contributed by atoms with Gasteiger partial charge in [-0.3, -0.25) is 9.59 Å². The lowest BCUT2D eigenvalue weighted by Crippen LogP contribution is -2.36. The molecule has 3 rings (SSSR count). The number of amides is 2. The molecular weight excluding hydrogens is 380 g/mol. The van der Waals surface area contributed by atoms with Gasteiger partial charge in [-0.1, -0.05) is 48.0 Å². The van der Waals surface area contributed by atoms with E-state index in [2.05, 4.69) is 29.6 Å². The molecule has 5 heteroatoms. The maximum Gasteiger partial charge on any atom is 0.243 e. The molecule has 0 atom stereocenters. The van der Waals surface area contributed by atoms with Crippen LogP contribution in [0.25, 0.3) is 10.8 Å². The molecule has 0 heterocycles. The zero-order valence-electron chi connectivity index (χ0n) is 17.3. The zero-order valence-corrected chi connectivity index (χ0v) is 18.1. The first-order valence-corrected chi connectivity index (χ1v) is 10.6. The standard InChI is InChI=1S/C24H26N2O2S/c1-16-11-17(2)24(18(3)12-16)25-22(27)14-26(4)23(28)15-29-21-10-9-19-7-5-6-8-20(19)13-21/h5-13H,14-15H2,1-4H3,(H,25,27). The molecule has 2 amide bonds. The van der Waals surface area contributed by atoms with E-state index in [0.29, 0.717) is 5.75 Å². The lowest BCUT2D eigenvalue weighted by Gasteiger charge is -2.18. The van der Waals surface area contributed by atoms with Crippen molar-refractivity contribution in [1.82, 2.24) is 4.90 Å². The Hall–Kier alpha value is -2.79. The lowest BCUT2D eigenvalue weighted by molar-refractivity contribution is -0.131. The molecule has 0 aliphatic carbocycles. The van der Waals surface area contributed by atoms with Crippen LogP contribution in [0.3, 0.4) is 0 Å². The van der Waals surface area contributed by atoms with E-state index in [-0.39, 0.29) is 18.4 Å². The second kappa shape index (κ2) is 9.14. The van der Waals surface area contributed by atoms with Gasteiger partial charge in [0.2, 0.25) is 11.8 Å². The zero-order chi connectivity index (χ0) is 21.0. The van der Waals surface area contributed by atoms with Gasteiger partial charge >= 0.3 is 0 Å². The van der Waals surface area contributed by atoms with Crippen molar-refractivity contribution in [2.45, 2.75) is 25.7 Å². The summed E-state index contributed by atoms with van der Waals surface area (Å²) in [7, 11) is 1.66. The average Bonchev–Trinajstić information content (AvgIpc) is 2.68. The Morgan fingerprint density at radius 3 is 2.28 bits per heavy atom. The first kappa shape index (κ1) is 20.9. The first-order valence-electron chi connectivity index (χ1n) is 9.57. The van der Waals surface area contributed by atoms with Gasteiger partial charge in [0.1, 0.15) is 0 Å². The Balaban J connectivity index is 1.55. The number of carbonyl (C=O) groups is 2. The number of hydrogen-bond acceptors (Lipinski definition) is 3. The third-order valence-electron chi connectivity index (χ3n) is 4.83. The smallest absolute Gasteiger partial charge is 0.243 e. The van der Waals surface area contributed by atoms with Crippen LogP contribution in [0.2, 0.25) is 0 Å². The molecule has 0 unspecified atom stereocenters. The van der Waals surface area contributed by atoms with E-state index in [1.165, 1.54) is 22.0 Å². The minimum Gasteiger partial charge on any atom is -0.336 e. The Kier molecular flexibility index (Phi) is 6.60. The molecule has 4 nitrogen and oxygen atoms in total. The predicted molar refractivity (Wildman–Crippen MR) is 122 cm³/mol. The van der Waals surface area contributed by atoms with E-state index in [0.717, 1.165) is 32.7 Å². The monoisotopic (exact) mass is 406 g/mol. The molecule has 3 aromatic carbocycles. The van der Waals surface area contributed by atoms with Crippen LogP contribution in [0, 0.1) is 20.8 Å². The number of nitrogens with one attached hydrogen (secondary N) is 1. The quantitative estimate of drug-likeness (QED) is 0.589. The lowest BCUT2D eigenvalue weighted by atomic mass is 10.1. The Bertz CT molecular complexity index is 1040. The predicted octanol–water partition coefficient (Wildman–Crippen LogP) is 4.95. The molecular formula is C24H26N2O2S. The largest absolute Gasteiger partial charge is 0.336 e. The minimum atomic E-state index is -0.188. The van der Waals surface area contributed by atoms with Gasteiger partial charge < -0.3 is 10.2 Å². The van der Waals surface area contributed by atoms with Crippen LogP contribution in [0.5, 0.6) is 0 Å². The third kappa shape index (κ3) is 5.39. The van der Waals surface area contributed by atoms with Crippen molar-refractivity contribution in [2.24, 2.45) is 0 Å². The minimum absolute atomic E-state index is 0.0316. The molecule has 0 spiro atoms. The van der Waals surface area contributed by atoms with Crippen LogP contribution < -0.4 is 5.32 Å². The van der Waals surface area contributed by atoms with E-state index in [1.54, 1.807) is 7.05 Å². The maximum absolute atomic E-state index is 12.5. The van der Waals surface area contributed by atoms with Crippen molar-refractivity contribution in [3.8, 4) is 0 Å². The molecule has 0 saturated heterocycles. The highest BCUT2D eigenvalue weighted by Crippen LogP contribution is 2.24. The van der Waals surface area contributed by atoms with Crippen LogP contribution >= 0.6 is 11.8 Å². The molecule has 1 N–H and O–H groups in total. The number of fused-ring (bicyclic) bond motifs is 1. The van der Waals surface area contributed by atoms with E-state index >= 15 is 0 Å². The Morgan fingerprint density at radius 2 is 1.59 bits per heavy atom. The van der Waals surface area contributed by atoms with Gasteiger partial charge in [-0.15, -0.1) is 11.8 Å². The number of anilines is 1. The highest BCUT2D eigenvalue weighted by atomic mass is 32.2. The second-order valence-corrected chi connectivity index (χ2v) is 8.42. The number of likely N-dealkylation sites (N-methyl/N-ethyl adjacent to an activating group) is 1. The number of thioether (sulfide) groups is 1. The SMILES string of the molecule is Cc1cc(C)c(NC(=O)CN(C)C(=O)CSc2ccc3ccccc3c2)c(C)c1. The molecule has 0 aliphatic heterocycles. The van der Waals surface area contributed by atoms with Crippen molar-refractivity contribution in [2.75, 3.05) is 24.7 Å². The molecule has 0 saturated carbocycles. The summed E-state index contributed by atoms with van der Waals surface area (Å²) in [5.74, 6) is 0.0345. The van der Waals surface area contributed by atoms with Crippen LogP contribution in [-0.2, 0) is 9.59 Å². The highest BCUT2D eigenvalue weighted by Gasteiger charge is 2.15. The molecule has 3 aromatic rings. The fourth-order valence-corrected chi connectivity index (χ4v) is 4.26. The number of benzene rings is 3. The average molecular weight is 407 g/mol. The molecule has 0 radical (unpaired) electrons. The number of carbonyl (C=O) groups excluding carboxylic acids is 2. The summed E-state index contributed by atoms with van der Waals surface area (Å²) in [4.78, 5) is 27.4. The summed E-state index contributed by atoms with van der Waals surface area (Å²) in [5, 5.41) is 5.28. The van der Waals surface area contributed by atoms with Gasteiger partial charge in [0, 0.05) is 17.6 Å². The normalized spacial score (nSPS) is 10.8. The summed E-state index contributed by atoms with van der Waals surface area (Å²) < 4.78 is 0. The highest BCUT2D eigenvalue weighted by molar-refractivity contribution is 8.00. The Labute approximate surface area is 176 Å². The summed E-state index contributed by atoms with van der Waals surface area (Å²) in [6.07, 6.45) is 0. The van der Waals surface area contributed by atoms with E-state index < -0.39 is 0 Å². The fraction of sp³-hybridized carbons (Fsp3) is 0.250. The second-order valence-electron chi connectivity index (χ2n) is 7.37. The first-order chi connectivity index (χ1) is 13.8. The number of nitrogens with zero attached hydrogens (tertiary/aromatic N) is 1. The molecule has 150 valence electrons. The van der Waals surface area contributed by atoms with Gasteiger partial charge in [0.25, 0.3) is 0 Å². The molecule has 0 aliphatic rings. The molecule has 0 aromatic heterocycles. The van der Waals surface area contributed by atoms with Crippen molar-refractivity contribution < 1.29 is 9.59 Å². The summed E-state index contributed by atoms with van der Waals surface area (Å²) in [6, 6.07) is 18.4. The molecule has 0 bridgehead atoms. The van der Waals surface area contributed by atoms with Crippen LogP contribution in [-0.4, -0.2) is 36.1 Å². The van der Waals surface area contributed by atoms with Gasteiger partial charge in [-0.25, -0.2) is 0 Å². The number of hydrogen-bond donors (Lipinski definition) is 1. The van der Waals surface area contributed by atoms with Gasteiger partial charge in [-0.05, 0) is 54.8 Å². The van der Waals surface area contributed by atoms with Gasteiger partial charge in [0.15, 0.2) is 0 Å². The van der Waals surface area contributed by atoms with E-state index in [1.807, 2.05) is 51.1 Å². The number of aryl methyl sites for hydroxylation is 3. The van der Waals surface area contributed by atoms with Crippen molar-refractivity contribution in [3.05, 3.63) is 71.3 Å². The summed E-state index contributed by atoms with van der Waals surface area (Å²) in [5.41, 5.74) is 4.04. The Morgan fingerprint density at radius 1 is 0.931 bits per heavy atom. The topological polar surface area (TPSA) is 49.4 Å². The van der Waals surface area contributed by atoms with Gasteiger partial charge in [0.05, 0.1) is 12.3 Å². The molecule has 29 heavy (non-hydrogen) atoms. The summed E-state index contributed by atoms with van der Waals surface area (Å²) in [6.45, 7) is 6.02. The van der Waals surface area contributed by atoms with Gasteiger partial charge in [-0.2, -0.15) is 0 Å². The van der Waals surface area contributed by atoms with Crippen molar-refractivity contribution >= 4 is 40.0 Å². The molecule has 0 fully saturated rings. The van der Waals surface area contributed by atoms with E-state index in [4.69, 9.17) is 0 Å². The maximum atomic E-state index is 12.5. The number of rotatable bonds is 6. The summed E-state index contributed by atoms with van der Waals surface area (Å²) >= 11 is 1.49. The third-order valence-corrected chi connectivity index (χ3v) is 5.81. The fourth-order valence-electron chi connectivity index (χ4n) is 3.37.